The number of carbonyl (C=O) groups is 2. The van der Waals surface area contributed by atoms with Crippen LogP contribution in [0.1, 0.15) is 6.92 Å². The highest BCUT2D eigenvalue weighted by atomic mass is 32.2. The Bertz CT molecular complexity index is 603. The Morgan fingerprint density at radius 2 is 2.00 bits per heavy atom. The molecule has 1 heterocycles. The lowest BCUT2D eigenvalue weighted by Crippen LogP contribution is -2.43. The SMILES string of the molecule is CCN(CC(=O)O)C(=O)CN(C)S(=O)(=O)c1cccnc1. The summed E-state index contributed by atoms with van der Waals surface area (Å²) < 4.78 is 25.3. The van der Waals surface area contributed by atoms with Crippen molar-refractivity contribution in [3.05, 3.63) is 24.5 Å². The summed E-state index contributed by atoms with van der Waals surface area (Å²) in [6.45, 7) is 0.914. The maximum atomic E-state index is 12.2. The maximum Gasteiger partial charge on any atom is 0.323 e. The molecule has 0 aliphatic carbocycles. The number of aromatic nitrogens is 1. The lowest BCUT2D eigenvalue weighted by molar-refractivity contribution is -0.144. The Balaban J connectivity index is 2.83. The number of rotatable bonds is 7. The summed E-state index contributed by atoms with van der Waals surface area (Å²) in [4.78, 5) is 27.3. The number of carboxylic acids is 1. The minimum Gasteiger partial charge on any atom is -0.480 e. The summed E-state index contributed by atoms with van der Waals surface area (Å²) in [5.74, 6) is -1.72. The van der Waals surface area contributed by atoms with Gasteiger partial charge < -0.3 is 10.0 Å². The molecule has 0 radical (unpaired) electrons. The highest BCUT2D eigenvalue weighted by Crippen LogP contribution is 2.12. The molecule has 0 unspecified atom stereocenters. The van der Waals surface area contributed by atoms with Gasteiger partial charge in [-0.1, -0.05) is 0 Å². The van der Waals surface area contributed by atoms with E-state index in [-0.39, 0.29) is 11.4 Å². The predicted molar refractivity (Wildman–Crippen MR) is 73.9 cm³/mol. The first-order chi connectivity index (χ1) is 9.78. The fourth-order valence-electron chi connectivity index (χ4n) is 1.59. The number of nitrogens with zero attached hydrogens (tertiary/aromatic N) is 3. The molecule has 1 amide bonds. The number of hydrogen-bond acceptors (Lipinski definition) is 5. The minimum atomic E-state index is -3.83. The number of carboxylic acid groups (broad SMARTS) is 1. The Labute approximate surface area is 123 Å². The Morgan fingerprint density at radius 1 is 1.33 bits per heavy atom. The summed E-state index contributed by atoms with van der Waals surface area (Å²) in [5.41, 5.74) is 0. The van der Waals surface area contributed by atoms with Crippen LogP contribution in [-0.2, 0) is 19.6 Å². The second kappa shape index (κ2) is 7.14. The Morgan fingerprint density at radius 3 is 2.48 bits per heavy atom. The summed E-state index contributed by atoms with van der Waals surface area (Å²) in [6.07, 6.45) is 2.63. The van der Waals surface area contributed by atoms with Crippen LogP contribution in [0.25, 0.3) is 0 Å². The van der Waals surface area contributed by atoms with Crippen LogP contribution in [0, 0.1) is 0 Å². The molecule has 1 aromatic heterocycles. The molecule has 1 N–H and O–H groups in total. The predicted octanol–water partition coefficient (Wildman–Crippen LogP) is -0.365. The van der Waals surface area contributed by atoms with E-state index in [1.54, 1.807) is 6.92 Å². The van der Waals surface area contributed by atoms with Gasteiger partial charge in [0.1, 0.15) is 11.4 Å². The number of amides is 1. The van der Waals surface area contributed by atoms with Gasteiger partial charge >= 0.3 is 5.97 Å². The van der Waals surface area contributed by atoms with E-state index < -0.39 is 35.0 Å². The zero-order chi connectivity index (χ0) is 16.0. The molecule has 0 spiro atoms. The summed E-state index contributed by atoms with van der Waals surface area (Å²) >= 11 is 0. The highest BCUT2D eigenvalue weighted by Gasteiger charge is 2.25. The lowest BCUT2D eigenvalue weighted by Gasteiger charge is -2.22. The van der Waals surface area contributed by atoms with E-state index in [9.17, 15) is 18.0 Å². The minimum absolute atomic E-state index is 0.0263. The van der Waals surface area contributed by atoms with E-state index in [2.05, 4.69) is 4.98 Å². The quantitative estimate of drug-likeness (QED) is 0.736. The number of likely N-dealkylation sites (N-methyl/N-ethyl adjacent to an activating group) is 2. The fraction of sp³-hybridized carbons (Fsp3) is 0.417. The fourth-order valence-corrected chi connectivity index (χ4v) is 2.68. The van der Waals surface area contributed by atoms with Crippen molar-refractivity contribution in [3.8, 4) is 0 Å². The first-order valence-corrected chi connectivity index (χ1v) is 7.59. The average molecular weight is 315 g/mol. The van der Waals surface area contributed by atoms with Crippen LogP contribution in [0.3, 0.4) is 0 Å². The summed E-state index contributed by atoms with van der Waals surface area (Å²) in [5, 5.41) is 8.70. The van der Waals surface area contributed by atoms with Crippen molar-refractivity contribution < 1.29 is 23.1 Å². The summed E-state index contributed by atoms with van der Waals surface area (Å²) in [6, 6.07) is 2.85. The number of aliphatic carboxylic acids is 1. The van der Waals surface area contributed by atoms with E-state index in [0.717, 1.165) is 9.21 Å². The molecule has 8 nitrogen and oxygen atoms in total. The number of pyridine rings is 1. The third-order valence-electron chi connectivity index (χ3n) is 2.76. The van der Waals surface area contributed by atoms with Gasteiger partial charge in [0, 0.05) is 26.0 Å². The van der Waals surface area contributed by atoms with E-state index in [4.69, 9.17) is 5.11 Å². The van der Waals surface area contributed by atoms with Crippen LogP contribution in [0.2, 0.25) is 0 Å². The van der Waals surface area contributed by atoms with Gasteiger partial charge in [-0.05, 0) is 19.1 Å². The first kappa shape index (κ1) is 17.1. The molecular formula is C12H17N3O5S. The summed E-state index contributed by atoms with van der Waals surface area (Å²) in [7, 11) is -2.57. The van der Waals surface area contributed by atoms with Gasteiger partial charge in [0.05, 0.1) is 6.54 Å². The molecule has 116 valence electrons. The topological polar surface area (TPSA) is 108 Å². The molecular weight excluding hydrogens is 298 g/mol. The van der Waals surface area contributed by atoms with Crippen molar-refractivity contribution >= 4 is 21.9 Å². The van der Waals surface area contributed by atoms with Gasteiger partial charge in [-0.2, -0.15) is 4.31 Å². The van der Waals surface area contributed by atoms with Crippen LogP contribution in [-0.4, -0.2) is 66.3 Å². The van der Waals surface area contributed by atoms with Crippen molar-refractivity contribution in [2.75, 3.05) is 26.7 Å². The van der Waals surface area contributed by atoms with Gasteiger partial charge in [-0.15, -0.1) is 0 Å². The van der Waals surface area contributed by atoms with Gasteiger partial charge in [0.25, 0.3) is 0 Å². The van der Waals surface area contributed by atoms with Crippen LogP contribution >= 0.6 is 0 Å². The van der Waals surface area contributed by atoms with Gasteiger partial charge in [-0.3, -0.25) is 14.6 Å². The average Bonchev–Trinajstić information content (AvgIpc) is 2.45. The molecule has 0 saturated heterocycles. The smallest absolute Gasteiger partial charge is 0.323 e. The largest absolute Gasteiger partial charge is 0.480 e. The molecule has 9 heteroatoms. The van der Waals surface area contributed by atoms with Crippen molar-refractivity contribution in [2.24, 2.45) is 0 Å². The van der Waals surface area contributed by atoms with Crippen molar-refractivity contribution in [3.63, 3.8) is 0 Å². The van der Waals surface area contributed by atoms with Crippen LogP contribution in [0.5, 0.6) is 0 Å². The number of sulfonamides is 1. The van der Waals surface area contributed by atoms with Crippen molar-refractivity contribution in [1.29, 1.82) is 0 Å². The number of carbonyl (C=O) groups excluding carboxylic acids is 1. The lowest BCUT2D eigenvalue weighted by atomic mass is 10.4. The third-order valence-corrected chi connectivity index (χ3v) is 4.55. The molecule has 0 bridgehead atoms. The second-order valence-electron chi connectivity index (χ2n) is 4.25. The Kier molecular flexibility index (Phi) is 5.79. The molecule has 1 aromatic rings. The monoisotopic (exact) mass is 315 g/mol. The standard InChI is InChI=1S/C12H17N3O5S/c1-3-15(9-12(17)18)11(16)8-14(2)21(19,20)10-5-4-6-13-7-10/h4-7H,3,8-9H2,1-2H3,(H,17,18). The number of hydrogen-bond donors (Lipinski definition) is 1. The highest BCUT2D eigenvalue weighted by molar-refractivity contribution is 7.89. The molecule has 0 aliphatic rings. The third kappa shape index (κ3) is 4.50. The van der Waals surface area contributed by atoms with E-state index in [1.165, 1.54) is 31.6 Å². The van der Waals surface area contributed by atoms with Crippen molar-refractivity contribution in [2.45, 2.75) is 11.8 Å². The van der Waals surface area contributed by atoms with Crippen molar-refractivity contribution in [1.82, 2.24) is 14.2 Å². The first-order valence-electron chi connectivity index (χ1n) is 6.15. The van der Waals surface area contributed by atoms with Crippen LogP contribution < -0.4 is 0 Å². The van der Waals surface area contributed by atoms with Gasteiger partial charge in [0.2, 0.25) is 15.9 Å². The van der Waals surface area contributed by atoms with Crippen LogP contribution in [0.15, 0.2) is 29.4 Å². The zero-order valence-corrected chi connectivity index (χ0v) is 12.6. The molecule has 0 fully saturated rings. The molecule has 0 atom stereocenters. The molecule has 21 heavy (non-hydrogen) atoms. The van der Waals surface area contributed by atoms with E-state index in [1.807, 2.05) is 0 Å². The second-order valence-corrected chi connectivity index (χ2v) is 6.30. The van der Waals surface area contributed by atoms with E-state index >= 15 is 0 Å². The molecule has 0 aromatic carbocycles. The molecule has 0 aliphatic heterocycles. The normalized spacial score (nSPS) is 11.4. The van der Waals surface area contributed by atoms with Crippen LogP contribution in [0.4, 0.5) is 0 Å². The molecule has 0 saturated carbocycles. The molecule has 1 rings (SSSR count). The van der Waals surface area contributed by atoms with E-state index in [0.29, 0.717) is 0 Å². The maximum absolute atomic E-state index is 12.2. The Hall–Kier alpha value is -2.00. The van der Waals surface area contributed by atoms with Gasteiger partial charge in [-0.25, -0.2) is 8.42 Å². The zero-order valence-electron chi connectivity index (χ0n) is 11.8. The van der Waals surface area contributed by atoms with Gasteiger partial charge in [0.15, 0.2) is 0 Å².